The quantitative estimate of drug-likeness (QED) is 0.768. The number of amides is 1. The normalized spacial score (nSPS) is 16.8. The van der Waals surface area contributed by atoms with Crippen LogP contribution in [0.2, 0.25) is 0 Å². The summed E-state index contributed by atoms with van der Waals surface area (Å²) < 4.78 is 5.15. The summed E-state index contributed by atoms with van der Waals surface area (Å²) in [4.78, 5) is 26.6. The van der Waals surface area contributed by atoms with Gasteiger partial charge in [-0.25, -0.2) is 9.48 Å². The Morgan fingerprint density at radius 3 is 2.85 bits per heavy atom. The highest BCUT2D eigenvalue weighted by Gasteiger charge is 2.23. The van der Waals surface area contributed by atoms with Gasteiger partial charge in [-0.3, -0.25) is 14.0 Å². The molecule has 0 spiro atoms. The van der Waals surface area contributed by atoms with Gasteiger partial charge in [0.2, 0.25) is 5.91 Å². The van der Waals surface area contributed by atoms with Crippen LogP contribution in [0.3, 0.4) is 0 Å². The molecule has 0 aliphatic carbocycles. The minimum atomic E-state index is -0.0614. The van der Waals surface area contributed by atoms with Gasteiger partial charge >= 0.3 is 5.69 Å². The molecule has 8 heteroatoms. The Bertz CT molecular complexity index is 862. The summed E-state index contributed by atoms with van der Waals surface area (Å²) in [5, 5.41) is 8.82. The number of nitrogens with zero attached hydrogens (tertiary/aromatic N) is 6. The molecule has 1 atom stereocenters. The second-order valence-electron chi connectivity index (χ2n) is 7.62. The number of aryl methyl sites for hydroxylation is 4. The lowest BCUT2D eigenvalue weighted by Gasteiger charge is -2.21. The number of carbonyl (C=O) groups excluding carboxylic acids is 1. The van der Waals surface area contributed by atoms with Crippen molar-refractivity contribution in [2.75, 3.05) is 7.05 Å². The van der Waals surface area contributed by atoms with Gasteiger partial charge in [0.25, 0.3) is 0 Å². The van der Waals surface area contributed by atoms with Crippen molar-refractivity contribution < 1.29 is 4.79 Å². The van der Waals surface area contributed by atoms with Crippen LogP contribution in [-0.2, 0) is 37.9 Å². The maximum Gasteiger partial charge on any atom is 0.345 e. The van der Waals surface area contributed by atoms with Crippen LogP contribution in [0.25, 0.3) is 0 Å². The van der Waals surface area contributed by atoms with E-state index in [1.807, 2.05) is 18.7 Å². The Balaban J connectivity index is 1.58. The van der Waals surface area contributed by atoms with E-state index < -0.39 is 0 Å². The summed E-state index contributed by atoms with van der Waals surface area (Å²) in [7, 11) is 3.54. The lowest BCUT2D eigenvalue weighted by molar-refractivity contribution is -0.131. The van der Waals surface area contributed by atoms with Gasteiger partial charge in [0.05, 0.1) is 17.9 Å². The minimum absolute atomic E-state index is 0.0614. The van der Waals surface area contributed by atoms with Gasteiger partial charge in [-0.15, -0.1) is 0 Å². The van der Waals surface area contributed by atoms with Gasteiger partial charge in [-0.05, 0) is 38.2 Å². The SMILES string of the molecule is CCCn1nc(C)cc1CN(C)C(=O)CC1CCc2nn(C)c(=O)n2CC1. The van der Waals surface area contributed by atoms with Crippen LogP contribution in [0.1, 0.15) is 49.8 Å². The Kier molecular flexibility index (Phi) is 5.82. The number of hydrogen-bond donors (Lipinski definition) is 0. The van der Waals surface area contributed by atoms with E-state index in [1.54, 1.807) is 16.5 Å². The molecule has 2 aromatic heterocycles. The molecule has 0 radical (unpaired) electrons. The molecule has 8 nitrogen and oxygen atoms in total. The monoisotopic (exact) mass is 374 g/mol. The molecule has 1 aliphatic heterocycles. The van der Waals surface area contributed by atoms with E-state index in [0.29, 0.717) is 19.5 Å². The Morgan fingerprint density at radius 1 is 1.33 bits per heavy atom. The molecule has 0 saturated carbocycles. The fourth-order valence-electron chi connectivity index (χ4n) is 3.82. The maximum absolute atomic E-state index is 12.7. The van der Waals surface area contributed by atoms with Crippen molar-refractivity contribution in [3.63, 3.8) is 0 Å². The van der Waals surface area contributed by atoms with E-state index in [2.05, 4.69) is 23.2 Å². The molecular formula is C19H30N6O2. The van der Waals surface area contributed by atoms with Crippen LogP contribution in [0.5, 0.6) is 0 Å². The average molecular weight is 374 g/mol. The first-order valence-electron chi connectivity index (χ1n) is 9.79. The van der Waals surface area contributed by atoms with Gasteiger partial charge in [0.1, 0.15) is 5.82 Å². The lowest BCUT2D eigenvalue weighted by Crippen LogP contribution is -2.29. The molecule has 3 rings (SSSR count). The number of fused-ring (bicyclic) bond motifs is 1. The lowest BCUT2D eigenvalue weighted by atomic mass is 9.96. The zero-order chi connectivity index (χ0) is 19.6. The Hall–Kier alpha value is -2.38. The molecule has 0 bridgehead atoms. The number of carbonyl (C=O) groups is 1. The molecule has 27 heavy (non-hydrogen) atoms. The number of rotatable bonds is 6. The summed E-state index contributed by atoms with van der Waals surface area (Å²) in [5.41, 5.74) is 2.00. The molecular weight excluding hydrogens is 344 g/mol. The van der Waals surface area contributed by atoms with Crippen molar-refractivity contribution in [1.82, 2.24) is 29.0 Å². The van der Waals surface area contributed by atoms with Gasteiger partial charge in [-0.1, -0.05) is 6.92 Å². The first-order valence-corrected chi connectivity index (χ1v) is 9.79. The van der Waals surface area contributed by atoms with Crippen molar-refractivity contribution in [1.29, 1.82) is 0 Å². The van der Waals surface area contributed by atoms with Crippen LogP contribution >= 0.6 is 0 Å². The van der Waals surface area contributed by atoms with Gasteiger partial charge < -0.3 is 4.90 Å². The van der Waals surface area contributed by atoms with E-state index in [0.717, 1.165) is 49.4 Å². The van der Waals surface area contributed by atoms with E-state index in [-0.39, 0.29) is 17.5 Å². The average Bonchev–Trinajstić information content (AvgIpc) is 3.01. The molecule has 2 aromatic rings. The Morgan fingerprint density at radius 2 is 2.11 bits per heavy atom. The molecule has 0 N–H and O–H groups in total. The summed E-state index contributed by atoms with van der Waals surface area (Å²) in [6.45, 7) is 6.20. The van der Waals surface area contributed by atoms with Crippen LogP contribution in [0, 0.1) is 12.8 Å². The molecule has 0 aromatic carbocycles. The van der Waals surface area contributed by atoms with Crippen molar-refractivity contribution in [3.8, 4) is 0 Å². The van der Waals surface area contributed by atoms with Crippen LogP contribution in [0.4, 0.5) is 0 Å². The maximum atomic E-state index is 12.7. The standard InChI is InChI=1S/C19H30N6O2/c1-5-9-25-16(11-14(2)20-25)13-22(3)18(26)12-15-6-7-17-21-23(4)19(27)24(17)10-8-15/h11,15H,5-10,12-13H2,1-4H3. The smallest absolute Gasteiger partial charge is 0.340 e. The predicted molar refractivity (Wildman–Crippen MR) is 102 cm³/mol. The summed E-state index contributed by atoms with van der Waals surface area (Å²) in [5.74, 6) is 1.27. The molecule has 1 amide bonds. The molecule has 1 unspecified atom stereocenters. The zero-order valence-corrected chi connectivity index (χ0v) is 16.8. The van der Waals surface area contributed by atoms with Crippen LogP contribution in [-0.4, -0.2) is 42.0 Å². The van der Waals surface area contributed by atoms with Crippen molar-refractivity contribution >= 4 is 5.91 Å². The summed E-state index contributed by atoms with van der Waals surface area (Å²) in [6, 6.07) is 2.06. The second kappa shape index (κ2) is 8.10. The topological polar surface area (TPSA) is 78.0 Å². The second-order valence-corrected chi connectivity index (χ2v) is 7.62. The highest BCUT2D eigenvalue weighted by molar-refractivity contribution is 5.76. The largest absolute Gasteiger partial charge is 0.345 e. The minimum Gasteiger partial charge on any atom is -0.340 e. The van der Waals surface area contributed by atoms with Crippen molar-refractivity contribution in [2.45, 2.75) is 65.6 Å². The van der Waals surface area contributed by atoms with Gasteiger partial charge in [0, 0.05) is 40.0 Å². The summed E-state index contributed by atoms with van der Waals surface area (Å²) in [6.07, 6.45) is 4.01. The molecule has 148 valence electrons. The highest BCUT2D eigenvalue weighted by Crippen LogP contribution is 2.22. The first kappa shape index (κ1) is 19.4. The van der Waals surface area contributed by atoms with Crippen LogP contribution in [0.15, 0.2) is 10.9 Å². The fraction of sp³-hybridized carbons (Fsp3) is 0.684. The fourth-order valence-corrected chi connectivity index (χ4v) is 3.82. The molecule has 0 fully saturated rings. The van der Waals surface area contributed by atoms with Crippen LogP contribution < -0.4 is 5.69 Å². The third-order valence-corrected chi connectivity index (χ3v) is 5.33. The van der Waals surface area contributed by atoms with Crippen molar-refractivity contribution in [3.05, 3.63) is 33.8 Å². The number of hydrogen-bond acceptors (Lipinski definition) is 4. The Labute approximate surface area is 159 Å². The third kappa shape index (κ3) is 4.31. The summed E-state index contributed by atoms with van der Waals surface area (Å²) >= 11 is 0. The van der Waals surface area contributed by atoms with Gasteiger partial charge in [0.15, 0.2) is 0 Å². The third-order valence-electron chi connectivity index (χ3n) is 5.33. The zero-order valence-electron chi connectivity index (χ0n) is 16.8. The predicted octanol–water partition coefficient (Wildman–Crippen LogP) is 1.50. The van der Waals surface area contributed by atoms with E-state index in [1.165, 1.54) is 4.68 Å². The molecule has 0 saturated heterocycles. The highest BCUT2D eigenvalue weighted by atomic mass is 16.2. The molecule has 1 aliphatic rings. The molecule has 3 heterocycles. The van der Waals surface area contributed by atoms with Crippen molar-refractivity contribution in [2.24, 2.45) is 13.0 Å². The van der Waals surface area contributed by atoms with E-state index >= 15 is 0 Å². The first-order chi connectivity index (χ1) is 12.9. The van der Waals surface area contributed by atoms with Gasteiger partial charge in [-0.2, -0.15) is 10.2 Å². The van der Waals surface area contributed by atoms with E-state index in [4.69, 9.17) is 0 Å². The number of aromatic nitrogens is 5. The van der Waals surface area contributed by atoms with E-state index in [9.17, 15) is 9.59 Å².